The van der Waals surface area contributed by atoms with E-state index in [2.05, 4.69) is 42.7 Å². The van der Waals surface area contributed by atoms with Crippen molar-refractivity contribution in [3.63, 3.8) is 0 Å². The largest absolute Gasteiger partial charge is 0.315 e. The number of benzene rings is 1. The van der Waals surface area contributed by atoms with Crippen LogP contribution in [0.5, 0.6) is 0 Å². The summed E-state index contributed by atoms with van der Waals surface area (Å²) >= 11 is 0. The van der Waals surface area contributed by atoms with Crippen LogP contribution in [0.2, 0.25) is 0 Å². The van der Waals surface area contributed by atoms with Crippen molar-refractivity contribution in [3.05, 3.63) is 34.9 Å². The van der Waals surface area contributed by atoms with Gasteiger partial charge in [0.05, 0.1) is 0 Å². The topological polar surface area (TPSA) is 24.1 Å². The molecule has 100 valence electrons. The third-order valence-electron chi connectivity index (χ3n) is 3.96. The van der Waals surface area contributed by atoms with Crippen molar-refractivity contribution >= 4 is 0 Å². The zero-order valence-electron chi connectivity index (χ0n) is 11.8. The van der Waals surface area contributed by atoms with Crippen LogP contribution in [0.15, 0.2) is 18.2 Å². The van der Waals surface area contributed by atoms with E-state index in [1.165, 1.54) is 42.5 Å². The maximum absolute atomic E-state index is 3.58. The highest BCUT2D eigenvalue weighted by Gasteiger charge is 2.11. The molecule has 0 radical (unpaired) electrons. The fourth-order valence-corrected chi connectivity index (χ4v) is 2.57. The molecule has 2 nitrogen and oxygen atoms in total. The van der Waals surface area contributed by atoms with Gasteiger partial charge in [0.1, 0.15) is 0 Å². The monoisotopic (exact) mass is 246 g/mol. The Morgan fingerprint density at radius 1 is 1.22 bits per heavy atom. The normalized spacial score (nSPS) is 20.0. The van der Waals surface area contributed by atoms with E-state index in [-0.39, 0.29) is 0 Å². The first-order valence-electron chi connectivity index (χ1n) is 7.26. The number of piperidine rings is 1. The van der Waals surface area contributed by atoms with Crippen LogP contribution in [0.3, 0.4) is 0 Å². The molecule has 1 heterocycles. The van der Waals surface area contributed by atoms with Crippen LogP contribution in [-0.2, 0) is 6.42 Å². The summed E-state index contributed by atoms with van der Waals surface area (Å²) in [5, 5.41) is 7.15. The fraction of sp³-hybridized carbons (Fsp3) is 0.625. The van der Waals surface area contributed by atoms with E-state index in [9.17, 15) is 0 Å². The Kier molecular flexibility index (Phi) is 5.21. The van der Waals surface area contributed by atoms with Gasteiger partial charge in [0, 0.05) is 12.6 Å². The molecule has 18 heavy (non-hydrogen) atoms. The molecule has 1 aromatic rings. The van der Waals surface area contributed by atoms with Crippen molar-refractivity contribution in [3.8, 4) is 0 Å². The van der Waals surface area contributed by atoms with E-state index in [1.807, 2.05) is 0 Å². The van der Waals surface area contributed by atoms with Crippen molar-refractivity contribution in [2.75, 3.05) is 19.6 Å². The minimum atomic E-state index is 0.693. The molecule has 0 aliphatic carbocycles. The van der Waals surface area contributed by atoms with Crippen molar-refractivity contribution in [1.82, 2.24) is 10.6 Å². The van der Waals surface area contributed by atoms with Gasteiger partial charge < -0.3 is 10.6 Å². The molecule has 2 N–H and O–H groups in total. The van der Waals surface area contributed by atoms with Gasteiger partial charge in [0.25, 0.3) is 0 Å². The summed E-state index contributed by atoms with van der Waals surface area (Å²) in [6.07, 6.45) is 5.19. The first-order chi connectivity index (χ1) is 8.75. The SMILES string of the molecule is Cc1ccc(CCNCC2CCCCN2)cc1C. The molecule has 1 fully saturated rings. The maximum atomic E-state index is 3.58. The molecular formula is C16H26N2. The summed E-state index contributed by atoms with van der Waals surface area (Å²) in [5.74, 6) is 0. The van der Waals surface area contributed by atoms with Crippen LogP contribution < -0.4 is 10.6 Å². The van der Waals surface area contributed by atoms with Crippen LogP contribution in [0.25, 0.3) is 0 Å². The lowest BCUT2D eigenvalue weighted by atomic mass is 10.0. The molecule has 1 atom stereocenters. The molecule has 0 aromatic heterocycles. The van der Waals surface area contributed by atoms with E-state index in [0.29, 0.717) is 6.04 Å². The lowest BCUT2D eigenvalue weighted by Gasteiger charge is -2.23. The molecule has 1 saturated heterocycles. The lowest BCUT2D eigenvalue weighted by molar-refractivity contribution is 0.384. The number of hydrogen-bond acceptors (Lipinski definition) is 2. The van der Waals surface area contributed by atoms with Gasteiger partial charge in [0.15, 0.2) is 0 Å². The van der Waals surface area contributed by atoms with Crippen LogP contribution >= 0.6 is 0 Å². The molecule has 1 unspecified atom stereocenters. The second kappa shape index (κ2) is 6.91. The Bertz CT molecular complexity index is 367. The maximum Gasteiger partial charge on any atom is 0.0192 e. The minimum absolute atomic E-state index is 0.693. The molecule has 1 aliphatic rings. The highest BCUT2D eigenvalue weighted by atomic mass is 15.0. The van der Waals surface area contributed by atoms with Gasteiger partial charge in [-0.05, 0) is 62.9 Å². The molecule has 0 amide bonds. The molecular weight excluding hydrogens is 220 g/mol. The number of aryl methyl sites for hydroxylation is 2. The molecule has 0 saturated carbocycles. The quantitative estimate of drug-likeness (QED) is 0.780. The van der Waals surface area contributed by atoms with Gasteiger partial charge in [-0.25, -0.2) is 0 Å². The predicted molar refractivity (Wildman–Crippen MR) is 78.1 cm³/mol. The summed E-state index contributed by atoms with van der Waals surface area (Å²) < 4.78 is 0. The Morgan fingerprint density at radius 3 is 2.83 bits per heavy atom. The third-order valence-corrected chi connectivity index (χ3v) is 3.96. The molecule has 2 rings (SSSR count). The van der Waals surface area contributed by atoms with Crippen molar-refractivity contribution < 1.29 is 0 Å². The number of nitrogens with one attached hydrogen (secondary N) is 2. The summed E-state index contributed by atoms with van der Waals surface area (Å²) in [6, 6.07) is 7.49. The standard InChI is InChI=1S/C16H26N2/c1-13-6-7-15(11-14(13)2)8-10-17-12-16-5-3-4-9-18-16/h6-7,11,16-18H,3-5,8-10,12H2,1-2H3. The van der Waals surface area contributed by atoms with Crippen molar-refractivity contribution in [2.45, 2.75) is 45.6 Å². The Hall–Kier alpha value is -0.860. The van der Waals surface area contributed by atoms with Gasteiger partial charge in [0.2, 0.25) is 0 Å². The van der Waals surface area contributed by atoms with E-state index < -0.39 is 0 Å². The average molecular weight is 246 g/mol. The van der Waals surface area contributed by atoms with Gasteiger partial charge >= 0.3 is 0 Å². The van der Waals surface area contributed by atoms with E-state index >= 15 is 0 Å². The summed E-state index contributed by atoms with van der Waals surface area (Å²) in [7, 11) is 0. The molecule has 1 aliphatic heterocycles. The van der Waals surface area contributed by atoms with Gasteiger partial charge in [-0.15, -0.1) is 0 Å². The van der Waals surface area contributed by atoms with Gasteiger partial charge in [-0.2, -0.15) is 0 Å². The van der Waals surface area contributed by atoms with Crippen LogP contribution in [0, 0.1) is 13.8 Å². The van der Waals surface area contributed by atoms with E-state index in [0.717, 1.165) is 19.5 Å². The van der Waals surface area contributed by atoms with Crippen molar-refractivity contribution in [1.29, 1.82) is 0 Å². The number of rotatable bonds is 5. The van der Waals surface area contributed by atoms with Crippen molar-refractivity contribution in [2.24, 2.45) is 0 Å². The third kappa shape index (κ3) is 4.11. The zero-order chi connectivity index (χ0) is 12.8. The Morgan fingerprint density at radius 2 is 2.11 bits per heavy atom. The summed E-state index contributed by atoms with van der Waals surface area (Å²) in [4.78, 5) is 0. The van der Waals surface area contributed by atoms with Crippen LogP contribution in [0.4, 0.5) is 0 Å². The highest BCUT2D eigenvalue weighted by molar-refractivity contribution is 5.30. The second-order valence-corrected chi connectivity index (χ2v) is 5.52. The molecule has 0 spiro atoms. The van der Waals surface area contributed by atoms with Crippen LogP contribution in [0.1, 0.15) is 36.0 Å². The smallest absolute Gasteiger partial charge is 0.0192 e. The molecule has 1 aromatic carbocycles. The highest BCUT2D eigenvalue weighted by Crippen LogP contribution is 2.10. The van der Waals surface area contributed by atoms with E-state index in [1.54, 1.807) is 0 Å². The van der Waals surface area contributed by atoms with Crippen LogP contribution in [-0.4, -0.2) is 25.7 Å². The zero-order valence-corrected chi connectivity index (χ0v) is 11.8. The summed E-state index contributed by atoms with van der Waals surface area (Å²) in [5.41, 5.74) is 4.24. The lowest BCUT2D eigenvalue weighted by Crippen LogP contribution is -2.42. The Labute approximate surface area is 111 Å². The first kappa shape index (κ1) is 13.6. The first-order valence-corrected chi connectivity index (χ1v) is 7.26. The number of hydrogen-bond donors (Lipinski definition) is 2. The second-order valence-electron chi connectivity index (χ2n) is 5.52. The van der Waals surface area contributed by atoms with E-state index in [4.69, 9.17) is 0 Å². The Balaban J connectivity index is 1.66. The van der Waals surface area contributed by atoms with Gasteiger partial charge in [-0.1, -0.05) is 24.6 Å². The average Bonchev–Trinajstić information content (AvgIpc) is 2.40. The molecule has 2 heteroatoms. The summed E-state index contributed by atoms with van der Waals surface area (Å²) in [6.45, 7) is 7.76. The fourth-order valence-electron chi connectivity index (χ4n) is 2.57. The molecule has 0 bridgehead atoms. The van der Waals surface area contributed by atoms with Gasteiger partial charge in [-0.3, -0.25) is 0 Å². The minimum Gasteiger partial charge on any atom is -0.315 e. The predicted octanol–water partition coefficient (Wildman–Crippen LogP) is 2.58.